The van der Waals surface area contributed by atoms with Gasteiger partial charge in [-0.2, -0.15) is 0 Å². The Balaban J connectivity index is 1.66. The summed E-state index contributed by atoms with van der Waals surface area (Å²) < 4.78 is 12.1. The molecule has 3 nitrogen and oxygen atoms in total. The molecule has 1 saturated heterocycles. The number of rotatable bonds is 4. The molecule has 21 heavy (non-hydrogen) atoms. The minimum Gasteiger partial charge on any atom is -0.376 e. The van der Waals surface area contributed by atoms with E-state index in [1.807, 2.05) is 7.05 Å². The van der Waals surface area contributed by atoms with Crippen molar-refractivity contribution in [1.82, 2.24) is 5.32 Å². The molecule has 1 aromatic carbocycles. The number of benzene rings is 1. The van der Waals surface area contributed by atoms with Gasteiger partial charge in [-0.25, -0.2) is 0 Å². The quantitative estimate of drug-likeness (QED) is 0.863. The van der Waals surface area contributed by atoms with Crippen LogP contribution in [0.4, 0.5) is 0 Å². The second kappa shape index (κ2) is 7.39. The number of ether oxygens (including phenoxy) is 2. The molecule has 1 aliphatic heterocycles. The summed E-state index contributed by atoms with van der Waals surface area (Å²) in [5.74, 6) is 0. The molecule has 3 atom stereocenters. The van der Waals surface area contributed by atoms with Crippen molar-refractivity contribution in [2.24, 2.45) is 0 Å². The monoisotopic (exact) mass is 289 g/mol. The SMILES string of the molecule is CNC1c2ccccc2CCCC1OCC1CCCCO1. The van der Waals surface area contributed by atoms with Gasteiger partial charge in [-0.1, -0.05) is 24.3 Å². The summed E-state index contributed by atoms with van der Waals surface area (Å²) in [5, 5.41) is 3.47. The third-order valence-corrected chi connectivity index (χ3v) is 4.78. The highest BCUT2D eigenvalue weighted by molar-refractivity contribution is 5.32. The first-order valence-electron chi connectivity index (χ1n) is 8.37. The third kappa shape index (κ3) is 3.65. The number of hydrogen-bond acceptors (Lipinski definition) is 3. The van der Waals surface area contributed by atoms with E-state index in [-0.39, 0.29) is 6.10 Å². The molecule has 0 aromatic heterocycles. The number of nitrogens with one attached hydrogen (secondary N) is 1. The largest absolute Gasteiger partial charge is 0.376 e. The molecular formula is C18H27NO2. The normalized spacial score (nSPS) is 29.7. The van der Waals surface area contributed by atoms with Crippen molar-refractivity contribution in [3.63, 3.8) is 0 Å². The van der Waals surface area contributed by atoms with Gasteiger partial charge >= 0.3 is 0 Å². The molecule has 0 radical (unpaired) electrons. The molecule has 0 spiro atoms. The minimum atomic E-state index is 0.254. The number of aryl methyl sites for hydroxylation is 1. The fourth-order valence-corrected chi connectivity index (χ4v) is 3.62. The van der Waals surface area contributed by atoms with Gasteiger partial charge in [0.15, 0.2) is 0 Å². The maximum atomic E-state index is 6.28. The zero-order chi connectivity index (χ0) is 14.5. The van der Waals surface area contributed by atoms with E-state index in [0.717, 1.165) is 32.5 Å². The molecule has 0 saturated carbocycles. The summed E-state index contributed by atoms with van der Waals surface area (Å²) in [6, 6.07) is 9.08. The van der Waals surface area contributed by atoms with Crippen molar-refractivity contribution < 1.29 is 9.47 Å². The Morgan fingerprint density at radius 1 is 1.19 bits per heavy atom. The lowest BCUT2D eigenvalue weighted by atomic mass is 9.97. The van der Waals surface area contributed by atoms with Gasteiger partial charge in [0.25, 0.3) is 0 Å². The zero-order valence-corrected chi connectivity index (χ0v) is 13.0. The van der Waals surface area contributed by atoms with Gasteiger partial charge in [0.1, 0.15) is 0 Å². The molecule has 3 unspecified atom stereocenters. The van der Waals surface area contributed by atoms with Crippen LogP contribution in [0.2, 0.25) is 0 Å². The molecule has 1 heterocycles. The number of hydrogen-bond donors (Lipinski definition) is 1. The van der Waals surface area contributed by atoms with E-state index >= 15 is 0 Å². The Labute approximate surface area is 128 Å². The molecule has 2 aliphatic rings. The van der Waals surface area contributed by atoms with Crippen molar-refractivity contribution >= 4 is 0 Å². The van der Waals surface area contributed by atoms with E-state index in [2.05, 4.69) is 29.6 Å². The van der Waals surface area contributed by atoms with Crippen LogP contribution < -0.4 is 5.32 Å². The van der Waals surface area contributed by atoms with Crippen molar-refractivity contribution in [2.45, 2.75) is 56.8 Å². The number of fused-ring (bicyclic) bond motifs is 1. The van der Waals surface area contributed by atoms with Crippen LogP contribution in [-0.4, -0.2) is 32.5 Å². The van der Waals surface area contributed by atoms with Crippen molar-refractivity contribution in [2.75, 3.05) is 20.3 Å². The molecule has 3 heteroatoms. The Morgan fingerprint density at radius 2 is 2.10 bits per heavy atom. The molecule has 116 valence electrons. The first kappa shape index (κ1) is 15.0. The molecule has 1 N–H and O–H groups in total. The van der Waals surface area contributed by atoms with Crippen LogP contribution in [0.15, 0.2) is 24.3 Å². The highest BCUT2D eigenvalue weighted by atomic mass is 16.5. The lowest BCUT2D eigenvalue weighted by Crippen LogP contribution is -2.34. The molecule has 3 rings (SSSR count). The first-order valence-corrected chi connectivity index (χ1v) is 8.37. The van der Waals surface area contributed by atoms with Crippen molar-refractivity contribution in [1.29, 1.82) is 0 Å². The van der Waals surface area contributed by atoms with E-state index in [4.69, 9.17) is 9.47 Å². The summed E-state index contributed by atoms with van der Waals surface area (Å²) in [6.45, 7) is 1.64. The summed E-state index contributed by atoms with van der Waals surface area (Å²) in [6.07, 6.45) is 7.66. The summed E-state index contributed by atoms with van der Waals surface area (Å²) in [4.78, 5) is 0. The maximum Gasteiger partial charge on any atom is 0.0808 e. The van der Waals surface area contributed by atoms with E-state index in [0.29, 0.717) is 12.1 Å². The second-order valence-electron chi connectivity index (χ2n) is 6.22. The molecular weight excluding hydrogens is 262 g/mol. The van der Waals surface area contributed by atoms with Crippen LogP contribution in [0.1, 0.15) is 49.3 Å². The minimum absolute atomic E-state index is 0.254. The van der Waals surface area contributed by atoms with Crippen LogP contribution in [0.25, 0.3) is 0 Å². The van der Waals surface area contributed by atoms with Gasteiger partial charge in [-0.05, 0) is 56.7 Å². The Morgan fingerprint density at radius 3 is 2.90 bits per heavy atom. The number of likely N-dealkylation sites (N-methyl/N-ethyl adjacent to an activating group) is 1. The topological polar surface area (TPSA) is 30.5 Å². The summed E-state index contributed by atoms with van der Waals surface area (Å²) in [7, 11) is 2.04. The van der Waals surface area contributed by atoms with E-state index in [1.54, 1.807) is 0 Å². The lowest BCUT2D eigenvalue weighted by Gasteiger charge is -2.29. The third-order valence-electron chi connectivity index (χ3n) is 4.78. The van der Waals surface area contributed by atoms with Crippen LogP contribution >= 0.6 is 0 Å². The van der Waals surface area contributed by atoms with E-state index in [9.17, 15) is 0 Å². The zero-order valence-electron chi connectivity index (χ0n) is 13.0. The standard InChI is InChI=1S/C18H27NO2/c1-19-18-16-10-3-2-7-14(16)8-6-11-17(18)21-13-15-9-4-5-12-20-15/h2-3,7,10,15,17-19H,4-6,8-9,11-13H2,1H3. The van der Waals surface area contributed by atoms with Crippen molar-refractivity contribution in [3.05, 3.63) is 35.4 Å². The predicted molar refractivity (Wildman–Crippen MR) is 84.5 cm³/mol. The average molecular weight is 289 g/mol. The van der Waals surface area contributed by atoms with Crippen LogP contribution in [0, 0.1) is 0 Å². The molecule has 1 aliphatic carbocycles. The first-order chi connectivity index (χ1) is 10.4. The van der Waals surface area contributed by atoms with Crippen molar-refractivity contribution in [3.8, 4) is 0 Å². The summed E-state index contributed by atoms with van der Waals surface area (Å²) >= 11 is 0. The van der Waals surface area contributed by atoms with Gasteiger partial charge in [-0.15, -0.1) is 0 Å². The van der Waals surface area contributed by atoms with Crippen LogP contribution in [-0.2, 0) is 15.9 Å². The fourth-order valence-electron chi connectivity index (χ4n) is 3.62. The smallest absolute Gasteiger partial charge is 0.0808 e. The molecule has 0 bridgehead atoms. The van der Waals surface area contributed by atoms with Crippen LogP contribution in [0.5, 0.6) is 0 Å². The lowest BCUT2D eigenvalue weighted by molar-refractivity contribution is -0.0722. The fraction of sp³-hybridized carbons (Fsp3) is 0.667. The molecule has 0 amide bonds. The Bertz CT molecular complexity index is 443. The Hall–Kier alpha value is -0.900. The Kier molecular flexibility index (Phi) is 5.28. The molecule has 1 fully saturated rings. The highest BCUT2D eigenvalue weighted by Gasteiger charge is 2.28. The predicted octanol–water partition coefficient (Wildman–Crippen LogP) is 3.24. The highest BCUT2D eigenvalue weighted by Crippen LogP contribution is 2.31. The van der Waals surface area contributed by atoms with E-state index in [1.165, 1.54) is 30.4 Å². The second-order valence-corrected chi connectivity index (χ2v) is 6.22. The van der Waals surface area contributed by atoms with Gasteiger partial charge in [0.05, 0.1) is 24.9 Å². The maximum absolute atomic E-state index is 6.28. The average Bonchev–Trinajstić information content (AvgIpc) is 2.72. The van der Waals surface area contributed by atoms with Gasteiger partial charge in [0.2, 0.25) is 0 Å². The van der Waals surface area contributed by atoms with E-state index < -0.39 is 0 Å². The van der Waals surface area contributed by atoms with Crippen LogP contribution in [0.3, 0.4) is 0 Å². The van der Waals surface area contributed by atoms with Gasteiger partial charge < -0.3 is 14.8 Å². The molecule has 1 aromatic rings. The summed E-state index contributed by atoms with van der Waals surface area (Å²) in [5.41, 5.74) is 2.88. The van der Waals surface area contributed by atoms with Gasteiger partial charge in [-0.3, -0.25) is 0 Å². The van der Waals surface area contributed by atoms with Gasteiger partial charge in [0, 0.05) is 6.61 Å².